The van der Waals surface area contributed by atoms with Crippen LogP contribution in [-0.2, 0) is 0 Å². The van der Waals surface area contributed by atoms with Gasteiger partial charge in [0, 0.05) is 0 Å². The van der Waals surface area contributed by atoms with Crippen molar-refractivity contribution >= 4 is 0 Å². The van der Waals surface area contributed by atoms with Gasteiger partial charge < -0.3 is 0 Å². The van der Waals surface area contributed by atoms with Gasteiger partial charge in [0.15, 0.2) is 0 Å². The minimum atomic E-state index is 0.331. The number of hydrogen-bond acceptors (Lipinski definition) is 0. The Morgan fingerprint density at radius 2 is 1.27 bits per heavy atom. The molecule has 0 heteroatoms. The van der Waals surface area contributed by atoms with Crippen LogP contribution in [0.4, 0.5) is 0 Å². The van der Waals surface area contributed by atoms with Crippen molar-refractivity contribution in [1.29, 1.82) is 0 Å². The number of hydrogen-bond donors (Lipinski definition) is 0. The summed E-state index contributed by atoms with van der Waals surface area (Å²) in [5.74, 6) is 6.55. The van der Waals surface area contributed by atoms with E-state index in [0.717, 1.165) is 47.3 Å². The summed E-state index contributed by atoms with van der Waals surface area (Å²) in [6.07, 6.45) is 2.90. The Labute approximate surface area is 189 Å². The first-order valence-corrected chi connectivity index (χ1v) is 13.4. The Hall–Kier alpha value is 0. The topological polar surface area (TPSA) is 0 Å². The third kappa shape index (κ3) is 1.92. The molecule has 174 valence electrons. The highest BCUT2D eigenvalue weighted by atomic mass is 14.9. The SMILES string of the molecule is CC(C)C1C(C)(C)C(C)(C)C23C(C)C(C)CC12C(C)C1C(CC(C)C1(C)C)C3(C)C. The van der Waals surface area contributed by atoms with Crippen LogP contribution in [0.1, 0.15) is 110 Å². The maximum Gasteiger partial charge on any atom is -0.00968 e. The zero-order valence-electron chi connectivity index (χ0n) is 23.0. The van der Waals surface area contributed by atoms with Gasteiger partial charge in [-0.1, -0.05) is 96.9 Å². The molecule has 0 aliphatic heterocycles. The van der Waals surface area contributed by atoms with Crippen molar-refractivity contribution in [3.8, 4) is 0 Å². The molecule has 0 aromatic carbocycles. The normalized spacial score (nSPS) is 54.7. The second-order valence-electron chi connectivity index (χ2n) is 15.5. The highest BCUT2D eigenvalue weighted by Crippen LogP contribution is 2.92. The molecular formula is C30H54. The summed E-state index contributed by atoms with van der Waals surface area (Å²) >= 11 is 0. The fourth-order valence-electron chi connectivity index (χ4n) is 13.1. The van der Waals surface area contributed by atoms with Crippen molar-refractivity contribution in [1.82, 2.24) is 0 Å². The predicted molar refractivity (Wildman–Crippen MR) is 131 cm³/mol. The van der Waals surface area contributed by atoms with Crippen LogP contribution >= 0.6 is 0 Å². The first-order valence-electron chi connectivity index (χ1n) is 13.4. The van der Waals surface area contributed by atoms with Crippen LogP contribution in [0.3, 0.4) is 0 Å². The highest BCUT2D eigenvalue weighted by Gasteiger charge is 2.87. The molecule has 9 atom stereocenters. The molecule has 0 amide bonds. The molecule has 0 nitrogen and oxygen atoms in total. The van der Waals surface area contributed by atoms with Crippen LogP contribution in [0.5, 0.6) is 0 Å². The molecule has 4 aliphatic rings. The molecule has 30 heavy (non-hydrogen) atoms. The van der Waals surface area contributed by atoms with Gasteiger partial charge in [-0.25, -0.2) is 0 Å². The molecule has 0 N–H and O–H groups in total. The Morgan fingerprint density at radius 3 is 1.77 bits per heavy atom. The molecule has 0 heterocycles. The molecule has 4 rings (SSSR count). The van der Waals surface area contributed by atoms with Crippen molar-refractivity contribution in [3.05, 3.63) is 0 Å². The van der Waals surface area contributed by atoms with Crippen molar-refractivity contribution < 1.29 is 0 Å². The van der Waals surface area contributed by atoms with Gasteiger partial charge >= 0.3 is 0 Å². The van der Waals surface area contributed by atoms with E-state index in [2.05, 4.69) is 96.9 Å². The zero-order valence-corrected chi connectivity index (χ0v) is 23.0. The summed E-state index contributed by atoms with van der Waals surface area (Å²) in [5.41, 5.74) is 2.38. The highest BCUT2D eigenvalue weighted by molar-refractivity contribution is 5.34. The third-order valence-electron chi connectivity index (χ3n) is 14.0. The quantitative estimate of drug-likeness (QED) is 0.401. The van der Waals surface area contributed by atoms with Gasteiger partial charge in [0.2, 0.25) is 0 Å². The summed E-state index contributed by atoms with van der Waals surface area (Å²) in [7, 11) is 0. The first-order chi connectivity index (χ1) is 13.4. The first kappa shape index (κ1) is 23.2. The standard InChI is InChI=1S/C30H54/c1-17(2)24-27(11,12)28(13,14)30-20(5)18(3)16-29(24,30)21(6)23-22(26(30,9)10)15-19(4)25(23,7)8/h17-24H,15-16H2,1-14H3. The summed E-state index contributed by atoms with van der Waals surface area (Å²) in [5, 5.41) is 0. The van der Waals surface area contributed by atoms with E-state index < -0.39 is 0 Å². The van der Waals surface area contributed by atoms with E-state index in [1.807, 2.05) is 0 Å². The van der Waals surface area contributed by atoms with E-state index >= 15 is 0 Å². The largest absolute Gasteiger partial charge is 0.0625 e. The second-order valence-corrected chi connectivity index (χ2v) is 15.5. The van der Waals surface area contributed by atoms with Gasteiger partial charge in [0.1, 0.15) is 0 Å². The zero-order chi connectivity index (χ0) is 23.0. The minimum Gasteiger partial charge on any atom is -0.0625 e. The van der Waals surface area contributed by atoms with Crippen LogP contribution in [0.2, 0.25) is 0 Å². The molecule has 0 aromatic heterocycles. The Balaban J connectivity index is 2.14. The Morgan fingerprint density at radius 1 is 0.733 bits per heavy atom. The van der Waals surface area contributed by atoms with Crippen molar-refractivity contribution in [3.63, 3.8) is 0 Å². The maximum absolute atomic E-state index is 2.76. The van der Waals surface area contributed by atoms with Crippen molar-refractivity contribution in [2.45, 2.75) is 110 Å². The van der Waals surface area contributed by atoms with E-state index in [-0.39, 0.29) is 0 Å². The number of fused-ring (bicyclic) bond motifs is 1. The lowest BCUT2D eigenvalue weighted by atomic mass is 9.33. The summed E-state index contributed by atoms with van der Waals surface area (Å²) in [4.78, 5) is 0. The molecule has 4 aliphatic carbocycles. The van der Waals surface area contributed by atoms with Crippen molar-refractivity contribution in [2.24, 2.45) is 79.8 Å². The maximum atomic E-state index is 2.76. The van der Waals surface area contributed by atoms with Gasteiger partial charge in [-0.15, -0.1) is 0 Å². The molecule has 0 spiro atoms. The van der Waals surface area contributed by atoms with Gasteiger partial charge in [-0.2, -0.15) is 0 Å². The lowest BCUT2D eigenvalue weighted by molar-refractivity contribution is -0.241. The van der Waals surface area contributed by atoms with Gasteiger partial charge in [-0.05, 0) is 92.7 Å². The van der Waals surface area contributed by atoms with Gasteiger partial charge in [0.25, 0.3) is 0 Å². The lowest BCUT2D eigenvalue weighted by Gasteiger charge is -2.71. The molecule has 4 saturated carbocycles. The predicted octanol–water partition coefficient (Wildman–Crippen LogP) is 8.95. The van der Waals surface area contributed by atoms with Crippen LogP contribution < -0.4 is 0 Å². The Kier molecular flexibility index (Phi) is 4.57. The van der Waals surface area contributed by atoms with E-state index in [1.165, 1.54) is 12.8 Å². The fourth-order valence-corrected chi connectivity index (χ4v) is 13.1. The fraction of sp³-hybridized carbons (Fsp3) is 1.00. The summed E-state index contributed by atoms with van der Waals surface area (Å²) in [6.45, 7) is 37.3. The van der Waals surface area contributed by atoms with Crippen LogP contribution in [0, 0.1) is 79.8 Å². The number of rotatable bonds is 1. The second kappa shape index (κ2) is 5.91. The lowest BCUT2D eigenvalue weighted by Crippen LogP contribution is -2.67. The average molecular weight is 415 g/mol. The molecular weight excluding hydrogens is 360 g/mol. The third-order valence-corrected chi connectivity index (χ3v) is 14.0. The van der Waals surface area contributed by atoms with E-state index in [0.29, 0.717) is 32.5 Å². The van der Waals surface area contributed by atoms with Crippen LogP contribution in [-0.4, -0.2) is 0 Å². The van der Waals surface area contributed by atoms with Gasteiger partial charge in [0.05, 0.1) is 0 Å². The van der Waals surface area contributed by atoms with Crippen LogP contribution in [0.15, 0.2) is 0 Å². The van der Waals surface area contributed by atoms with Crippen LogP contribution in [0.25, 0.3) is 0 Å². The van der Waals surface area contributed by atoms with Crippen molar-refractivity contribution in [2.75, 3.05) is 0 Å². The van der Waals surface area contributed by atoms with E-state index in [9.17, 15) is 0 Å². The molecule has 0 radical (unpaired) electrons. The monoisotopic (exact) mass is 414 g/mol. The molecule has 0 saturated heterocycles. The molecule has 0 bridgehead atoms. The summed E-state index contributed by atoms with van der Waals surface area (Å²) < 4.78 is 0. The van der Waals surface area contributed by atoms with E-state index in [1.54, 1.807) is 0 Å². The smallest absolute Gasteiger partial charge is 0.00968 e. The minimum absolute atomic E-state index is 0.331. The summed E-state index contributed by atoms with van der Waals surface area (Å²) in [6, 6.07) is 0. The average Bonchev–Trinajstić information content (AvgIpc) is 3.00. The molecule has 9 unspecified atom stereocenters. The molecule has 0 aromatic rings. The van der Waals surface area contributed by atoms with E-state index in [4.69, 9.17) is 0 Å². The molecule has 4 fully saturated rings. The Bertz CT molecular complexity index is 720. The van der Waals surface area contributed by atoms with Gasteiger partial charge in [-0.3, -0.25) is 0 Å².